The van der Waals surface area contributed by atoms with Crippen molar-refractivity contribution in [2.45, 2.75) is 25.8 Å². The molecule has 58 valence electrons. The predicted molar refractivity (Wildman–Crippen MR) is 39.4 cm³/mol. The molecule has 0 aromatic rings. The Morgan fingerprint density at radius 3 is 2.60 bits per heavy atom. The molecule has 1 aliphatic rings. The topological polar surface area (TPSA) is 56.0 Å². The number of aliphatic hydroxyl groups excluding tert-OH is 1. The summed E-state index contributed by atoms with van der Waals surface area (Å²) in [6.07, 6.45) is 2.38. The van der Waals surface area contributed by atoms with Crippen LogP contribution in [0.2, 0.25) is 0 Å². The van der Waals surface area contributed by atoms with Gasteiger partial charge in [-0.05, 0) is 19.4 Å². The molecule has 0 unspecified atom stereocenters. The molecule has 0 radical (unpaired) electrons. The van der Waals surface area contributed by atoms with Crippen LogP contribution in [0.1, 0.15) is 19.8 Å². The minimum atomic E-state index is 0.306. The minimum Gasteiger partial charge on any atom is -0.395 e. The van der Waals surface area contributed by atoms with Crippen LogP contribution in [-0.2, 0) is 0 Å². The Morgan fingerprint density at radius 2 is 2.40 bits per heavy atom. The first kappa shape index (κ1) is 9.41. The van der Waals surface area contributed by atoms with Crippen LogP contribution in [0.3, 0.4) is 0 Å². The quantitative estimate of drug-likeness (QED) is 0.552. The molecule has 1 atom stereocenters. The standard InChI is InChI=1S/C5H11NO.C2H3N/c7-4-5-2-1-3-6-5;1-2-3/h5-7H,1-4H2;1H3/t5-;/m0./s1. The fourth-order valence-electron chi connectivity index (χ4n) is 0.913. The van der Waals surface area contributed by atoms with Crippen molar-refractivity contribution < 1.29 is 5.11 Å². The molecule has 3 nitrogen and oxygen atoms in total. The van der Waals surface area contributed by atoms with E-state index in [0.717, 1.165) is 13.0 Å². The Balaban J connectivity index is 0.000000236. The fourth-order valence-corrected chi connectivity index (χ4v) is 0.913. The van der Waals surface area contributed by atoms with Crippen LogP contribution in [0.4, 0.5) is 0 Å². The number of nitrogens with zero attached hydrogens (tertiary/aromatic N) is 1. The molecule has 0 aromatic carbocycles. The van der Waals surface area contributed by atoms with E-state index in [1.165, 1.54) is 13.3 Å². The lowest BCUT2D eigenvalue weighted by Gasteiger charge is -2.01. The van der Waals surface area contributed by atoms with Crippen molar-refractivity contribution in [2.24, 2.45) is 0 Å². The van der Waals surface area contributed by atoms with E-state index in [1.807, 2.05) is 0 Å². The molecular formula is C7H14N2O. The van der Waals surface area contributed by atoms with Crippen molar-refractivity contribution in [1.29, 1.82) is 5.26 Å². The molecule has 1 aliphatic heterocycles. The maximum atomic E-state index is 8.50. The maximum Gasteiger partial charge on any atom is 0.0587 e. The highest BCUT2D eigenvalue weighted by atomic mass is 16.3. The minimum absolute atomic E-state index is 0.306. The molecule has 0 aromatic heterocycles. The van der Waals surface area contributed by atoms with E-state index in [9.17, 15) is 0 Å². The Labute approximate surface area is 61.7 Å². The Kier molecular flexibility index (Phi) is 6.14. The molecule has 1 heterocycles. The second-order valence-corrected chi connectivity index (χ2v) is 2.20. The average Bonchev–Trinajstić information content (AvgIpc) is 2.39. The van der Waals surface area contributed by atoms with Gasteiger partial charge in [0.05, 0.1) is 12.7 Å². The van der Waals surface area contributed by atoms with Gasteiger partial charge in [0, 0.05) is 13.0 Å². The van der Waals surface area contributed by atoms with Crippen molar-refractivity contribution in [2.75, 3.05) is 13.2 Å². The highest BCUT2D eigenvalue weighted by Crippen LogP contribution is 2.02. The fraction of sp³-hybridized carbons (Fsp3) is 0.857. The maximum absolute atomic E-state index is 8.50. The lowest BCUT2D eigenvalue weighted by atomic mass is 10.2. The van der Waals surface area contributed by atoms with Crippen molar-refractivity contribution in [1.82, 2.24) is 5.32 Å². The lowest BCUT2D eigenvalue weighted by Crippen LogP contribution is -2.24. The summed E-state index contributed by atoms with van der Waals surface area (Å²) in [4.78, 5) is 0. The van der Waals surface area contributed by atoms with E-state index < -0.39 is 0 Å². The monoisotopic (exact) mass is 142 g/mol. The number of rotatable bonds is 1. The van der Waals surface area contributed by atoms with Gasteiger partial charge in [-0.3, -0.25) is 0 Å². The van der Waals surface area contributed by atoms with Crippen molar-refractivity contribution in [3.05, 3.63) is 0 Å². The number of nitriles is 1. The summed E-state index contributed by atoms with van der Waals surface area (Å²) in [5.74, 6) is 0. The summed E-state index contributed by atoms with van der Waals surface area (Å²) in [7, 11) is 0. The largest absolute Gasteiger partial charge is 0.395 e. The second-order valence-electron chi connectivity index (χ2n) is 2.20. The zero-order chi connectivity index (χ0) is 7.82. The highest BCUT2D eigenvalue weighted by Gasteiger charge is 2.10. The number of hydrogen-bond acceptors (Lipinski definition) is 3. The van der Waals surface area contributed by atoms with Gasteiger partial charge in [-0.1, -0.05) is 0 Å². The zero-order valence-electron chi connectivity index (χ0n) is 6.30. The Morgan fingerprint density at radius 1 is 1.80 bits per heavy atom. The van der Waals surface area contributed by atoms with Gasteiger partial charge in [0.2, 0.25) is 0 Å². The van der Waals surface area contributed by atoms with Gasteiger partial charge in [-0.25, -0.2) is 0 Å². The predicted octanol–water partition coefficient (Wildman–Crippen LogP) is 0.261. The summed E-state index contributed by atoms with van der Waals surface area (Å²) in [6.45, 7) is 2.82. The molecule has 10 heavy (non-hydrogen) atoms. The molecule has 0 bridgehead atoms. The summed E-state index contributed by atoms with van der Waals surface area (Å²) >= 11 is 0. The third-order valence-corrected chi connectivity index (χ3v) is 1.38. The molecule has 0 spiro atoms. The highest BCUT2D eigenvalue weighted by molar-refractivity contribution is 4.71. The van der Waals surface area contributed by atoms with Crippen molar-refractivity contribution >= 4 is 0 Å². The number of nitrogens with one attached hydrogen (secondary N) is 1. The molecule has 1 fully saturated rings. The van der Waals surface area contributed by atoms with E-state index in [0.29, 0.717) is 12.6 Å². The molecule has 0 saturated carbocycles. The first-order chi connectivity index (χ1) is 4.85. The van der Waals surface area contributed by atoms with Gasteiger partial charge in [-0.2, -0.15) is 5.26 Å². The second kappa shape index (κ2) is 6.53. The smallest absolute Gasteiger partial charge is 0.0587 e. The summed E-state index contributed by atoms with van der Waals surface area (Å²) in [6, 6.07) is 2.15. The Bertz CT molecular complexity index is 103. The molecule has 0 amide bonds. The normalized spacial score (nSPS) is 22.7. The van der Waals surface area contributed by atoms with E-state index >= 15 is 0 Å². The van der Waals surface area contributed by atoms with Crippen molar-refractivity contribution in [3.8, 4) is 6.07 Å². The van der Waals surface area contributed by atoms with Crippen LogP contribution in [0, 0.1) is 11.3 Å². The molecule has 0 aliphatic carbocycles. The first-order valence-corrected chi connectivity index (χ1v) is 3.50. The lowest BCUT2D eigenvalue weighted by molar-refractivity contribution is 0.255. The van der Waals surface area contributed by atoms with E-state index in [1.54, 1.807) is 6.07 Å². The summed E-state index contributed by atoms with van der Waals surface area (Å²) in [5, 5.41) is 19.0. The van der Waals surface area contributed by atoms with E-state index in [2.05, 4.69) is 5.32 Å². The third-order valence-electron chi connectivity index (χ3n) is 1.38. The first-order valence-electron chi connectivity index (χ1n) is 3.50. The van der Waals surface area contributed by atoms with E-state index in [-0.39, 0.29) is 0 Å². The SMILES string of the molecule is CC#N.OC[C@@H]1CCCN1. The van der Waals surface area contributed by atoms with Crippen molar-refractivity contribution in [3.63, 3.8) is 0 Å². The van der Waals surface area contributed by atoms with Crippen LogP contribution in [0.5, 0.6) is 0 Å². The molecular weight excluding hydrogens is 128 g/mol. The van der Waals surface area contributed by atoms with Crippen LogP contribution in [0.25, 0.3) is 0 Å². The van der Waals surface area contributed by atoms with Gasteiger partial charge in [0.25, 0.3) is 0 Å². The van der Waals surface area contributed by atoms with Gasteiger partial charge >= 0.3 is 0 Å². The van der Waals surface area contributed by atoms with Gasteiger partial charge < -0.3 is 10.4 Å². The van der Waals surface area contributed by atoms with Crippen LogP contribution >= 0.6 is 0 Å². The molecule has 3 heteroatoms. The van der Waals surface area contributed by atoms with Crippen LogP contribution in [-0.4, -0.2) is 24.3 Å². The zero-order valence-corrected chi connectivity index (χ0v) is 6.30. The molecule has 2 N–H and O–H groups in total. The summed E-state index contributed by atoms with van der Waals surface area (Å²) < 4.78 is 0. The van der Waals surface area contributed by atoms with E-state index in [4.69, 9.17) is 10.4 Å². The van der Waals surface area contributed by atoms with Gasteiger partial charge in [0.1, 0.15) is 0 Å². The van der Waals surface area contributed by atoms with Gasteiger partial charge in [-0.15, -0.1) is 0 Å². The van der Waals surface area contributed by atoms with Gasteiger partial charge in [0.15, 0.2) is 0 Å². The number of aliphatic hydroxyl groups is 1. The summed E-state index contributed by atoms with van der Waals surface area (Å²) in [5.41, 5.74) is 0. The van der Waals surface area contributed by atoms with Crippen LogP contribution < -0.4 is 5.32 Å². The van der Waals surface area contributed by atoms with Crippen LogP contribution in [0.15, 0.2) is 0 Å². The third kappa shape index (κ3) is 4.30. The molecule has 1 rings (SSSR count). The molecule has 1 saturated heterocycles. The average molecular weight is 142 g/mol. The number of hydrogen-bond donors (Lipinski definition) is 2. The Hall–Kier alpha value is -0.590.